The van der Waals surface area contributed by atoms with E-state index in [0.717, 1.165) is 15.6 Å². The fourth-order valence-electron chi connectivity index (χ4n) is 1.55. The van der Waals surface area contributed by atoms with Crippen LogP contribution in [0.1, 0.15) is 4.88 Å². The molecule has 0 saturated carbocycles. The summed E-state index contributed by atoms with van der Waals surface area (Å²) >= 11 is 0.967. The minimum absolute atomic E-state index is 0.0125. The third-order valence-corrected chi connectivity index (χ3v) is 5.91. The molecular weight excluding hydrogens is 289 g/mol. The molecule has 2 aromatic rings. The molecule has 1 N–H and O–H groups in total. The van der Waals surface area contributed by atoms with Crippen LogP contribution in [0, 0.1) is 5.82 Å². The van der Waals surface area contributed by atoms with E-state index in [-0.39, 0.29) is 16.5 Å². The van der Waals surface area contributed by atoms with Crippen LogP contribution in [0.4, 0.5) is 10.1 Å². The topological polar surface area (TPSA) is 57.6 Å². The minimum Gasteiger partial charge on any atom is -0.391 e. The average molecular weight is 301 g/mol. The summed E-state index contributed by atoms with van der Waals surface area (Å²) in [6.45, 7) is -0.219. The highest BCUT2D eigenvalue weighted by molar-refractivity contribution is 7.94. The Balaban J connectivity index is 2.42. The van der Waals surface area contributed by atoms with Crippen molar-refractivity contribution in [1.29, 1.82) is 0 Å². The number of halogens is 1. The summed E-state index contributed by atoms with van der Waals surface area (Å²) in [5.74, 6) is -0.604. The molecule has 0 aliphatic carbocycles. The third-order valence-electron chi connectivity index (χ3n) is 2.60. The molecule has 102 valence electrons. The lowest BCUT2D eigenvalue weighted by atomic mass is 10.3. The Morgan fingerprint density at radius 3 is 2.53 bits per heavy atom. The van der Waals surface area contributed by atoms with Crippen LogP contribution in [-0.2, 0) is 16.6 Å². The summed E-state index contributed by atoms with van der Waals surface area (Å²) in [4.78, 5) is 0.542. The SMILES string of the molecule is CN(c1ccccc1F)S(=O)(=O)c1ccc(CO)s1. The van der Waals surface area contributed by atoms with Gasteiger partial charge in [-0.3, -0.25) is 4.31 Å². The number of hydrogen-bond donors (Lipinski definition) is 1. The smallest absolute Gasteiger partial charge is 0.273 e. The minimum atomic E-state index is -3.80. The van der Waals surface area contributed by atoms with Crippen molar-refractivity contribution in [3.05, 3.63) is 47.1 Å². The quantitative estimate of drug-likeness (QED) is 0.942. The summed E-state index contributed by atoms with van der Waals surface area (Å²) in [5.41, 5.74) is -0.0125. The van der Waals surface area contributed by atoms with E-state index in [0.29, 0.717) is 4.88 Å². The Kier molecular flexibility index (Phi) is 3.88. The second kappa shape index (κ2) is 5.28. The van der Waals surface area contributed by atoms with E-state index in [4.69, 9.17) is 5.11 Å². The van der Waals surface area contributed by atoms with Crippen molar-refractivity contribution in [3.8, 4) is 0 Å². The third kappa shape index (κ3) is 2.63. The van der Waals surface area contributed by atoms with Gasteiger partial charge in [-0.1, -0.05) is 12.1 Å². The summed E-state index contributed by atoms with van der Waals surface area (Å²) in [7, 11) is -2.51. The fourth-order valence-corrected chi connectivity index (χ4v) is 4.14. The van der Waals surface area contributed by atoms with E-state index in [1.54, 1.807) is 6.07 Å². The molecule has 0 radical (unpaired) electrons. The lowest BCUT2D eigenvalue weighted by Crippen LogP contribution is -2.26. The average Bonchev–Trinajstić information content (AvgIpc) is 2.88. The lowest BCUT2D eigenvalue weighted by Gasteiger charge is -2.18. The van der Waals surface area contributed by atoms with Crippen molar-refractivity contribution in [3.63, 3.8) is 0 Å². The highest BCUT2D eigenvalue weighted by atomic mass is 32.2. The van der Waals surface area contributed by atoms with Gasteiger partial charge in [-0.15, -0.1) is 11.3 Å². The Labute approximate surface area is 114 Å². The van der Waals surface area contributed by atoms with Crippen molar-refractivity contribution < 1.29 is 17.9 Å². The maximum Gasteiger partial charge on any atom is 0.273 e. The van der Waals surface area contributed by atoms with Gasteiger partial charge in [-0.2, -0.15) is 0 Å². The molecule has 0 aliphatic rings. The predicted molar refractivity (Wildman–Crippen MR) is 72.2 cm³/mol. The molecule has 1 aromatic heterocycles. The van der Waals surface area contributed by atoms with Crippen LogP contribution in [0.3, 0.4) is 0 Å². The normalized spacial score (nSPS) is 11.5. The van der Waals surface area contributed by atoms with Gasteiger partial charge in [0.1, 0.15) is 10.0 Å². The van der Waals surface area contributed by atoms with Crippen LogP contribution < -0.4 is 4.31 Å². The van der Waals surface area contributed by atoms with Crippen LogP contribution in [0.25, 0.3) is 0 Å². The standard InChI is InChI=1S/C12H12FNO3S2/c1-14(11-5-3-2-4-10(11)13)19(16,17)12-7-6-9(8-15)18-12/h2-7,15H,8H2,1H3. The summed E-state index contributed by atoms with van der Waals surface area (Å²) < 4.78 is 39.2. The second-order valence-corrected chi connectivity index (χ2v) is 7.17. The second-order valence-electron chi connectivity index (χ2n) is 3.80. The first-order chi connectivity index (χ1) is 8.96. The molecular formula is C12H12FNO3S2. The molecule has 0 aliphatic heterocycles. The fraction of sp³-hybridized carbons (Fsp3) is 0.167. The van der Waals surface area contributed by atoms with Crippen LogP contribution >= 0.6 is 11.3 Å². The molecule has 0 saturated heterocycles. The number of thiophene rings is 1. The maximum absolute atomic E-state index is 13.6. The van der Waals surface area contributed by atoms with Gasteiger partial charge in [0.2, 0.25) is 0 Å². The van der Waals surface area contributed by atoms with Gasteiger partial charge in [-0.25, -0.2) is 12.8 Å². The molecule has 7 heteroatoms. The number of aliphatic hydroxyl groups excluding tert-OH is 1. The number of aliphatic hydroxyl groups is 1. The Morgan fingerprint density at radius 1 is 1.26 bits per heavy atom. The summed E-state index contributed by atoms with van der Waals surface area (Å²) in [6, 6.07) is 8.60. The Hall–Kier alpha value is -1.44. The largest absolute Gasteiger partial charge is 0.391 e. The van der Waals surface area contributed by atoms with E-state index in [2.05, 4.69) is 0 Å². The van der Waals surface area contributed by atoms with Crippen molar-refractivity contribution in [1.82, 2.24) is 0 Å². The molecule has 0 bridgehead atoms. The van der Waals surface area contributed by atoms with Crippen LogP contribution in [0.15, 0.2) is 40.6 Å². The number of hydrogen-bond acceptors (Lipinski definition) is 4. The van der Waals surface area contributed by atoms with E-state index >= 15 is 0 Å². The first-order valence-corrected chi connectivity index (χ1v) is 7.65. The Bertz CT molecular complexity index is 682. The molecule has 0 amide bonds. The molecule has 2 rings (SSSR count). The zero-order valence-electron chi connectivity index (χ0n) is 10.1. The van der Waals surface area contributed by atoms with E-state index in [1.165, 1.54) is 37.4 Å². The lowest BCUT2D eigenvalue weighted by molar-refractivity contribution is 0.285. The molecule has 0 fully saturated rings. The monoisotopic (exact) mass is 301 g/mol. The summed E-state index contributed by atoms with van der Waals surface area (Å²) in [6.07, 6.45) is 0. The Morgan fingerprint density at radius 2 is 1.95 bits per heavy atom. The number of benzene rings is 1. The highest BCUT2D eigenvalue weighted by Gasteiger charge is 2.24. The van der Waals surface area contributed by atoms with Crippen LogP contribution in [0.2, 0.25) is 0 Å². The van der Waals surface area contributed by atoms with Crippen molar-refractivity contribution in [2.45, 2.75) is 10.8 Å². The number of anilines is 1. The summed E-state index contributed by atoms with van der Waals surface area (Å²) in [5, 5.41) is 8.96. The highest BCUT2D eigenvalue weighted by Crippen LogP contribution is 2.28. The molecule has 0 spiro atoms. The molecule has 1 aromatic carbocycles. The van der Waals surface area contributed by atoms with E-state index in [9.17, 15) is 12.8 Å². The number of para-hydroxylation sites is 1. The van der Waals surface area contributed by atoms with Gasteiger partial charge >= 0.3 is 0 Å². The molecule has 19 heavy (non-hydrogen) atoms. The zero-order valence-corrected chi connectivity index (χ0v) is 11.7. The van der Waals surface area contributed by atoms with Gasteiger partial charge in [0, 0.05) is 11.9 Å². The van der Waals surface area contributed by atoms with Crippen LogP contribution in [-0.4, -0.2) is 20.6 Å². The molecule has 1 heterocycles. The molecule has 4 nitrogen and oxygen atoms in total. The van der Waals surface area contributed by atoms with Gasteiger partial charge in [0.05, 0.1) is 12.3 Å². The van der Waals surface area contributed by atoms with Crippen molar-refractivity contribution >= 4 is 27.0 Å². The van der Waals surface area contributed by atoms with E-state index in [1.807, 2.05) is 0 Å². The number of nitrogens with zero attached hydrogens (tertiary/aromatic N) is 1. The first kappa shape index (κ1) is 14.0. The predicted octanol–water partition coefficient (Wildman–Crippen LogP) is 2.20. The maximum atomic E-state index is 13.6. The van der Waals surface area contributed by atoms with Gasteiger partial charge < -0.3 is 5.11 Å². The first-order valence-electron chi connectivity index (χ1n) is 5.40. The van der Waals surface area contributed by atoms with Crippen molar-refractivity contribution in [2.24, 2.45) is 0 Å². The van der Waals surface area contributed by atoms with E-state index < -0.39 is 15.8 Å². The van der Waals surface area contributed by atoms with Crippen LogP contribution in [0.5, 0.6) is 0 Å². The number of sulfonamides is 1. The van der Waals surface area contributed by atoms with Gasteiger partial charge in [-0.05, 0) is 24.3 Å². The molecule has 0 unspecified atom stereocenters. The zero-order chi connectivity index (χ0) is 14.0. The number of rotatable bonds is 4. The van der Waals surface area contributed by atoms with Gasteiger partial charge in [0.25, 0.3) is 10.0 Å². The molecule has 0 atom stereocenters. The van der Waals surface area contributed by atoms with Crippen molar-refractivity contribution in [2.75, 3.05) is 11.4 Å². The van der Waals surface area contributed by atoms with Gasteiger partial charge in [0.15, 0.2) is 0 Å².